The third-order valence-corrected chi connectivity index (χ3v) is 6.45. The van der Waals surface area contributed by atoms with Crippen molar-refractivity contribution in [1.29, 1.82) is 0 Å². The highest BCUT2D eigenvalue weighted by molar-refractivity contribution is 5.98. The van der Waals surface area contributed by atoms with Crippen LogP contribution in [0.5, 0.6) is 0 Å². The van der Waals surface area contributed by atoms with E-state index >= 15 is 0 Å². The van der Waals surface area contributed by atoms with Crippen LogP contribution in [0.4, 0.5) is 5.95 Å². The minimum absolute atomic E-state index is 0.0250. The van der Waals surface area contributed by atoms with E-state index in [1.807, 2.05) is 60.5 Å². The Hall–Kier alpha value is -3.81. The third kappa shape index (κ3) is 3.19. The Kier molecular flexibility index (Phi) is 4.38. The zero-order chi connectivity index (χ0) is 21.7. The molecule has 2 atom stereocenters. The van der Waals surface area contributed by atoms with E-state index in [0.29, 0.717) is 23.7 Å². The zero-order valence-electron chi connectivity index (χ0n) is 17.8. The van der Waals surface area contributed by atoms with Crippen LogP contribution >= 0.6 is 0 Å². The first kappa shape index (κ1) is 18.9. The molecule has 8 nitrogen and oxygen atoms in total. The van der Waals surface area contributed by atoms with Gasteiger partial charge < -0.3 is 9.80 Å². The number of carbonyl (C=O) groups is 1. The molecule has 1 amide bonds. The smallest absolute Gasteiger partial charge is 0.256 e. The summed E-state index contributed by atoms with van der Waals surface area (Å²) in [5.74, 6) is 1.18. The number of likely N-dealkylation sites (tertiary alicyclic amines) is 1. The van der Waals surface area contributed by atoms with Gasteiger partial charge in [0.05, 0.1) is 29.2 Å². The summed E-state index contributed by atoms with van der Waals surface area (Å²) in [6, 6.07) is 14.1. The second kappa shape index (κ2) is 7.40. The number of hydrogen-bond acceptors (Lipinski definition) is 6. The second-order valence-corrected chi connectivity index (χ2v) is 8.69. The fraction of sp³-hybridized carbons (Fsp3) is 0.292. The van der Waals surface area contributed by atoms with Gasteiger partial charge in [-0.2, -0.15) is 15.0 Å². The molecule has 2 bridgehead atoms. The average molecular weight is 425 g/mol. The summed E-state index contributed by atoms with van der Waals surface area (Å²) in [5, 5.41) is 9.50. The van der Waals surface area contributed by atoms with Gasteiger partial charge >= 0.3 is 0 Å². The molecule has 0 unspecified atom stereocenters. The van der Waals surface area contributed by atoms with Crippen molar-refractivity contribution < 1.29 is 4.79 Å². The van der Waals surface area contributed by atoms with E-state index < -0.39 is 0 Å². The van der Waals surface area contributed by atoms with Crippen molar-refractivity contribution in [2.75, 3.05) is 24.5 Å². The number of amides is 1. The minimum atomic E-state index is 0.0250. The molecule has 8 heteroatoms. The van der Waals surface area contributed by atoms with E-state index in [2.05, 4.69) is 20.1 Å². The summed E-state index contributed by atoms with van der Waals surface area (Å²) in [5.41, 5.74) is 3.33. The van der Waals surface area contributed by atoms with Crippen LogP contribution in [0.25, 0.3) is 16.6 Å². The third-order valence-electron chi connectivity index (χ3n) is 6.45. The van der Waals surface area contributed by atoms with E-state index in [9.17, 15) is 4.79 Å². The van der Waals surface area contributed by atoms with Crippen molar-refractivity contribution in [2.24, 2.45) is 5.92 Å². The summed E-state index contributed by atoms with van der Waals surface area (Å²) in [6.07, 6.45) is 6.19. The maximum Gasteiger partial charge on any atom is 0.256 e. The predicted molar refractivity (Wildman–Crippen MR) is 121 cm³/mol. The van der Waals surface area contributed by atoms with E-state index in [-0.39, 0.29) is 11.9 Å². The molecule has 0 saturated carbocycles. The minimum Gasteiger partial charge on any atom is -0.336 e. The molecule has 2 saturated heterocycles. The SMILES string of the molecule is Cc1ccc(-n2nccn2)c(C(=O)N2C[C@@H]3C[C@H](C2)N(c2ncc4ccccc4n2)C3)c1. The molecule has 0 spiro atoms. The van der Waals surface area contributed by atoms with Crippen molar-refractivity contribution in [1.82, 2.24) is 29.9 Å². The quantitative estimate of drug-likeness (QED) is 0.502. The predicted octanol–water partition coefficient (Wildman–Crippen LogP) is 2.87. The lowest BCUT2D eigenvalue weighted by molar-refractivity contribution is 0.0693. The van der Waals surface area contributed by atoms with E-state index in [1.54, 1.807) is 12.4 Å². The normalized spacial score (nSPS) is 20.2. The molecule has 2 fully saturated rings. The Bertz CT molecular complexity index is 1300. The van der Waals surface area contributed by atoms with Crippen LogP contribution < -0.4 is 4.90 Å². The van der Waals surface area contributed by atoms with E-state index in [1.165, 1.54) is 4.80 Å². The summed E-state index contributed by atoms with van der Waals surface area (Å²) < 4.78 is 0. The van der Waals surface area contributed by atoms with Gasteiger partial charge in [0.1, 0.15) is 0 Å². The number of nitrogens with zero attached hydrogens (tertiary/aromatic N) is 7. The molecule has 6 rings (SSSR count). The van der Waals surface area contributed by atoms with Gasteiger partial charge in [0, 0.05) is 37.3 Å². The van der Waals surface area contributed by atoms with Gasteiger partial charge in [-0.05, 0) is 37.5 Å². The molecule has 2 aromatic carbocycles. The van der Waals surface area contributed by atoms with Gasteiger partial charge in [-0.3, -0.25) is 4.79 Å². The Labute approximate surface area is 185 Å². The highest BCUT2D eigenvalue weighted by Gasteiger charge is 2.41. The van der Waals surface area contributed by atoms with Crippen molar-refractivity contribution in [2.45, 2.75) is 19.4 Å². The Morgan fingerprint density at radius 2 is 1.88 bits per heavy atom. The van der Waals surface area contributed by atoms with Crippen LogP contribution in [-0.2, 0) is 0 Å². The fourth-order valence-corrected chi connectivity index (χ4v) is 4.98. The Morgan fingerprint density at radius 3 is 2.75 bits per heavy atom. The van der Waals surface area contributed by atoms with Crippen molar-refractivity contribution in [3.05, 3.63) is 72.2 Å². The summed E-state index contributed by atoms with van der Waals surface area (Å²) in [4.78, 5) is 28.8. The van der Waals surface area contributed by atoms with Gasteiger partial charge in [0.15, 0.2) is 0 Å². The van der Waals surface area contributed by atoms with E-state index in [0.717, 1.165) is 41.9 Å². The Balaban J connectivity index is 1.28. The summed E-state index contributed by atoms with van der Waals surface area (Å²) >= 11 is 0. The number of para-hydroxylation sites is 1. The summed E-state index contributed by atoms with van der Waals surface area (Å²) in [6.45, 7) is 4.26. The number of benzene rings is 2. The van der Waals surface area contributed by atoms with Crippen LogP contribution in [0.1, 0.15) is 22.3 Å². The number of aromatic nitrogens is 5. The lowest BCUT2D eigenvalue weighted by atomic mass is 9.98. The first-order valence-electron chi connectivity index (χ1n) is 10.9. The molecule has 0 N–H and O–H groups in total. The first-order chi connectivity index (χ1) is 15.7. The molecule has 2 aliphatic heterocycles. The monoisotopic (exact) mass is 425 g/mol. The molecule has 0 aliphatic carbocycles. The van der Waals surface area contributed by atoms with Gasteiger partial charge in [0.25, 0.3) is 5.91 Å². The van der Waals surface area contributed by atoms with Crippen molar-refractivity contribution >= 4 is 22.8 Å². The van der Waals surface area contributed by atoms with Gasteiger partial charge in [0.2, 0.25) is 5.95 Å². The maximum atomic E-state index is 13.6. The van der Waals surface area contributed by atoms with Gasteiger partial charge in [-0.1, -0.05) is 29.8 Å². The molecule has 2 aromatic heterocycles. The molecule has 4 heterocycles. The lowest BCUT2D eigenvalue weighted by Crippen LogP contribution is -2.45. The topological polar surface area (TPSA) is 80.0 Å². The largest absolute Gasteiger partial charge is 0.336 e. The number of aryl methyl sites for hydroxylation is 1. The maximum absolute atomic E-state index is 13.6. The molecular formula is C24H23N7O. The number of anilines is 1. The standard InChI is InChI=1S/C24H23N7O/c1-16-6-7-22(31-26-8-9-27-31)20(10-16)23(32)29-13-17-11-19(15-29)30(14-17)24-25-12-18-4-2-3-5-21(18)28-24/h2-10,12,17,19H,11,13-15H2,1H3/t17-,19+/m0/s1. The van der Waals surface area contributed by atoms with Crippen LogP contribution in [0.2, 0.25) is 0 Å². The number of carbonyl (C=O) groups excluding carboxylic acids is 1. The highest BCUT2D eigenvalue weighted by Crippen LogP contribution is 2.33. The number of fused-ring (bicyclic) bond motifs is 3. The summed E-state index contributed by atoms with van der Waals surface area (Å²) in [7, 11) is 0. The molecule has 2 aliphatic rings. The number of piperidine rings is 1. The number of rotatable bonds is 3. The lowest BCUT2D eigenvalue weighted by Gasteiger charge is -2.33. The highest BCUT2D eigenvalue weighted by atomic mass is 16.2. The van der Waals surface area contributed by atoms with Crippen LogP contribution in [0, 0.1) is 12.8 Å². The molecule has 4 aromatic rings. The Morgan fingerprint density at radius 1 is 1.03 bits per heavy atom. The van der Waals surface area contributed by atoms with Gasteiger partial charge in [-0.15, -0.1) is 0 Å². The average Bonchev–Trinajstić information content (AvgIpc) is 3.46. The van der Waals surface area contributed by atoms with Crippen LogP contribution in [-0.4, -0.2) is 61.4 Å². The van der Waals surface area contributed by atoms with Crippen molar-refractivity contribution in [3.8, 4) is 5.69 Å². The molecule has 0 radical (unpaired) electrons. The van der Waals surface area contributed by atoms with Gasteiger partial charge in [-0.25, -0.2) is 9.97 Å². The van der Waals surface area contributed by atoms with E-state index in [4.69, 9.17) is 4.98 Å². The van der Waals surface area contributed by atoms with Crippen molar-refractivity contribution in [3.63, 3.8) is 0 Å². The molecular weight excluding hydrogens is 402 g/mol. The van der Waals surface area contributed by atoms with Crippen LogP contribution in [0.15, 0.2) is 61.1 Å². The number of hydrogen-bond donors (Lipinski definition) is 0. The first-order valence-corrected chi connectivity index (χ1v) is 10.9. The zero-order valence-corrected chi connectivity index (χ0v) is 17.8. The molecule has 160 valence electrons. The second-order valence-electron chi connectivity index (χ2n) is 8.69. The fourth-order valence-electron chi connectivity index (χ4n) is 4.98. The van der Waals surface area contributed by atoms with Crippen LogP contribution in [0.3, 0.4) is 0 Å². The molecule has 32 heavy (non-hydrogen) atoms.